The molecule has 1 unspecified atom stereocenters. The topological polar surface area (TPSA) is 32.8 Å². The molecule has 0 fully saturated rings. The first-order valence-electron chi connectivity index (χ1n) is 7.55. The zero-order valence-corrected chi connectivity index (χ0v) is 13.6. The molecule has 0 N–H and O–H groups in total. The molecule has 1 atom stereocenters. The molecule has 0 saturated carbocycles. The SMILES string of the molecule is CN(C)C(=O)Oc1ccccc1C1c2ccccc2C=CN1C. The number of rotatable bonds is 2. The summed E-state index contributed by atoms with van der Waals surface area (Å²) in [5.41, 5.74) is 3.36. The minimum Gasteiger partial charge on any atom is -0.410 e. The fourth-order valence-corrected chi connectivity index (χ4v) is 2.79. The van der Waals surface area contributed by atoms with Crippen LogP contribution in [0.5, 0.6) is 5.75 Å². The van der Waals surface area contributed by atoms with Crippen molar-refractivity contribution in [3.8, 4) is 5.75 Å². The second kappa shape index (κ2) is 6.16. The summed E-state index contributed by atoms with van der Waals surface area (Å²) in [5.74, 6) is 0.591. The van der Waals surface area contributed by atoms with Crippen molar-refractivity contribution < 1.29 is 9.53 Å². The summed E-state index contributed by atoms with van der Waals surface area (Å²) < 4.78 is 5.56. The van der Waals surface area contributed by atoms with Gasteiger partial charge in [-0.25, -0.2) is 4.79 Å². The van der Waals surface area contributed by atoms with Crippen molar-refractivity contribution in [2.45, 2.75) is 6.04 Å². The molecule has 2 aromatic carbocycles. The highest BCUT2D eigenvalue weighted by molar-refractivity contribution is 5.71. The van der Waals surface area contributed by atoms with Crippen molar-refractivity contribution in [1.82, 2.24) is 9.80 Å². The Labute approximate surface area is 136 Å². The summed E-state index contributed by atoms with van der Waals surface area (Å²) in [5, 5.41) is 0. The van der Waals surface area contributed by atoms with Crippen LogP contribution in [0, 0.1) is 0 Å². The predicted octanol–water partition coefficient (Wildman–Crippen LogP) is 3.75. The van der Waals surface area contributed by atoms with Crippen molar-refractivity contribution in [2.75, 3.05) is 21.1 Å². The monoisotopic (exact) mass is 308 g/mol. The van der Waals surface area contributed by atoms with Crippen LogP contribution in [0.15, 0.2) is 54.7 Å². The van der Waals surface area contributed by atoms with E-state index in [1.165, 1.54) is 16.0 Å². The number of carbonyl (C=O) groups excluding carboxylic acids is 1. The molecule has 3 rings (SSSR count). The van der Waals surface area contributed by atoms with Gasteiger partial charge in [0, 0.05) is 32.9 Å². The van der Waals surface area contributed by atoms with E-state index >= 15 is 0 Å². The van der Waals surface area contributed by atoms with Crippen molar-refractivity contribution in [1.29, 1.82) is 0 Å². The summed E-state index contributed by atoms with van der Waals surface area (Å²) in [6.45, 7) is 0. The summed E-state index contributed by atoms with van der Waals surface area (Å²) >= 11 is 0. The zero-order chi connectivity index (χ0) is 16.4. The van der Waals surface area contributed by atoms with Crippen LogP contribution in [0.4, 0.5) is 4.79 Å². The molecule has 1 amide bonds. The lowest BCUT2D eigenvalue weighted by atomic mass is 9.91. The number of ether oxygens (including phenoxy) is 1. The standard InChI is InChI=1S/C19H20N2O2/c1-20(2)19(22)23-17-11-7-6-10-16(17)18-15-9-5-4-8-14(15)12-13-21(18)3/h4-13,18H,1-3H3. The average Bonchev–Trinajstić information content (AvgIpc) is 2.55. The third-order valence-electron chi connectivity index (χ3n) is 3.96. The quantitative estimate of drug-likeness (QED) is 0.847. The van der Waals surface area contributed by atoms with Gasteiger partial charge in [0.2, 0.25) is 0 Å². The van der Waals surface area contributed by atoms with Crippen LogP contribution in [0.25, 0.3) is 6.08 Å². The number of amides is 1. The highest BCUT2D eigenvalue weighted by atomic mass is 16.6. The van der Waals surface area contributed by atoms with Gasteiger partial charge in [0.05, 0.1) is 6.04 Å². The largest absolute Gasteiger partial charge is 0.414 e. The highest BCUT2D eigenvalue weighted by Gasteiger charge is 2.26. The molecule has 118 valence electrons. The van der Waals surface area contributed by atoms with Crippen LogP contribution in [-0.2, 0) is 0 Å². The number of carbonyl (C=O) groups is 1. The number of nitrogens with zero attached hydrogens (tertiary/aromatic N) is 2. The smallest absolute Gasteiger partial charge is 0.410 e. The van der Waals surface area contributed by atoms with Crippen molar-refractivity contribution in [3.63, 3.8) is 0 Å². The molecule has 0 radical (unpaired) electrons. The molecule has 0 aromatic heterocycles. The van der Waals surface area contributed by atoms with Gasteiger partial charge in [-0.3, -0.25) is 0 Å². The molecule has 1 aliphatic rings. The Kier molecular flexibility index (Phi) is 4.06. The van der Waals surface area contributed by atoms with E-state index in [1.807, 2.05) is 43.4 Å². The Morgan fingerprint density at radius 3 is 2.43 bits per heavy atom. The number of fused-ring (bicyclic) bond motifs is 1. The van der Waals surface area contributed by atoms with E-state index < -0.39 is 0 Å². The summed E-state index contributed by atoms with van der Waals surface area (Å²) in [6, 6.07) is 16.0. The molecule has 0 spiro atoms. The first-order valence-corrected chi connectivity index (χ1v) is 7.55. The first-order chi connectivity index (χ1) is 11.1. The molecule has 23 heavy (non-hydrogen) atoms. The minimum absolute atomic E-state index is 0.0161. The van der Waals surface area contributed by atoms with Gasteiger partial charge < -0.3 is 14.5 Å². The molecule has 0 bridgehead atoms. The lowest BCUT2D eigenvalue weighted by Crippen LogP contribution is -2.28. The Balaban J connectivity index is 2.05. The van der Waals surface area contributed by atoms with Crippen molar-refractivity contribution >= 4 is 12.2 Å². The fraction of sp³-hybridized carbons (Fsp3) is 0.211. The molecule has 2 aromatic rings. The van der Waals surface area contributed by atoms with Crippen LogP contribution in [0.1, 0.15) is 22.7 Å². The number of hydrogen-bond donors (Lipinski definition) is 0. The molecule has 0 saturated heterocycles. The second-order valence-electron chi connectivity index (χ2n) is 5.81. The average molecular weight is 308 g/mol. The Morgan fingerprint density at radius 2 is 1.70 bits per heavy atom. The van der Waals surface area contributed by atoms with Gasteiger partial charge in [-0.1, -0.05) is 42.5 Å². The zero-order valence-electron chi connectivity index (χ0n) is 13.6. The summed E-state index contributed by atoms with van der Waals surface area (Å²) in [4.78, 5) is 15.5. The van der Waals surface area contributed by atoms with Gasteiger partial charge in [0.1, 0.15) is 5.75 Å². The van der Waals surface area contributed by atoms with E-state index in [2.05, 4.69) is 29.3 Å². The first kappa shape index (κ1) is 15.2. The van der Waals surface area contributed by atoms with Crippen molar-refractivity contribution in [3.05, 3.63) is 71.4 Å². The Hall–Kier alpha value is -2.75. The molecule has 4 heteroatoms. The van der Waals surface area contributed by atoms with Gasteiger partial charge in [-0.2, -0.15) is 0 Å². The van der Waals surface area contributed by atoms with Crippen LogP contribution in [0.2, 0.25) is 0 Å². The van der Waals surface area contributed by atoms with Gasteiger partial charge in [0.25, 0.3) is 0 Å². The van der Waals surface area contributed by atoms with E-state index in [1.54, 1.807) is 14.1 Å². The van der Waals surface area contributed by atoms with E-state index in [-0.39, 0.29) is 12.1 Å². The third-order valence-corrected chi connectivity index (χ3v) is 3.96. The van der Waals surface area contributed by atoms with Crippen LogP contribution >= 0.6 is 0 Å². The summed E-state index contributed by atoms with van der Waals surface area (Å²) in [6.07, 6.45) is 3.78. The van der Waals surface area contributed by atoms with E-state index in [0.29, 0.717) is 5.75 Å². The Morgan fingerprint density at radius 1 is 1.04 bits per heavy atom. The van der Waals surface area contributed by atoms with Gasteiger partial charge >= 0.3 is 6.09 Å². The number of hydrogen-bond acceptors (Lipinski definition) is 3. The molecule has 1 heterocycles. The summed E-state index contributed by atoms with van der Waals surface area (Å²) in [7, 11) is 5.38. The fourth-order valence-electron chi connectivity index (χ4n) is 2.79. The van der Waals surface area contributed by atoms with Crippen LogP contribution in [0.3, 0.4) is 0 Å². The lowest BCUT2D eigenvalue weighted by Gasteiger charge is -2.33. The third kappa shape index (κ3) is 2.93. The highest BCUT2D eigenvalue weighted by Crippen LogP contribution is 2.38. The normalized spacial score (nSPS) is 16.0. The maximum absolute atomic E-state index is 12.0. The van der Waals surface area contributed by atoms with Gasteiger partial charge in [0.15, 0.2) is 0 Å². The lowest BCUT2D eigenvalue weighted by molar-refractivity contribution is 0.170. The molecular formula is C19H20N2O2. The van der Waals surface area contributed by atoms with Gasteiger partial charge in [-0.05, 0) is 23.3 Å². The molecule has 4 nitrogen and oxygen atoms in total. The van der Waals surface area contributed by atoms with E-state index in [9.17, 15) is 4.79 Å². The maximum Gasteiger partial charge on any atom is 0.414 e. The molecule has 0 aliphatic carbocycles. The maximum atomic E-state index is 12.0. The van der Waals surface area contributed by atoms with Crippen LogP contribution in [-0.4, -0.2) is 37.0 Å². The second-order valence-corrected chi connectivity index (χ2v) is 5.81. The molecule has 1 aliphatic heterocycles. The predicted molar refractivity (Wildman–Crippen MR) is 91.2 cm³/mol. The number of benzene rings is 2. The van der Waals surface area contributed by atoms with Crippen molar-refractivity contribution in [2.24, 2.45) is 0 Å². The van der Waals surface area contributed by atoms with E-state index in [4.69, 9.17) is 4.74 Å². The minimum atomic E-state index is -0.375. The van der Waals surface area contributed by atoms with Crippen LogP contribution < -0.4 is 4.74 Å². The Bertz CT molecular complexity index is 753. The number of para-hydroxylation sites is 1. The molecular weight excluding hydrogens is 288 g/mol. The van der Waals surface area contributed by atoms with Gasteiger partial charge in [-0.15, -0.1) is 0 Å². The van der Waals surface area contributed by atoms with E-state index in [0.717, 1.165) is 5.56 Å².